The highest BCUT2D eigenvalue weighted by Gasteiger charge is 2.13. The smallest absolute Gasteiger partial charge is 0.182 e. The van der Waals surface area contributed by atoms with Crippen molar-refractivity contribution in [1.29, 1.82) is 5.26 Å². The van der Waals surface area contributed by atoms with Crippen molar-refractivity contribution >= 4 is 5.82 Å². The average molecular weight is 192 g/mol. The van der Waals surface area contributed by atoms with E-state index in [4.69, 9.17) is 5.26 Å². The number of anilines is 1. The van der Waals surface area contributed by atoms with Crippen LogP contribution >= 0.6 is 0 Å². The number of nitrogens with zero attached hydrogens (tertiary/aromatic N) is 3. The molecule has 1 aromatic heterocycles. The molecule has 0 radical (unpaired) electrons. The molecule has 0 unspecified atom stereocenters. The Labute approximate surface area is 82.4 Å². The number of nitriles is 1. The molecule has 5 nitrogen and oxygen atoms in total. The van der Waals surface area contributed by atoms with Crippen LogP contribution in [-0.4, -0.2) is 27.2 Å². The van der Waals surface area contributed by atoms with Gasteiger partial charge in [0.15, 0.2) is 11.5 Å². The van der Waals surface area contributed by atoms with Crippen LogP contribution < -0.4 is 5.32 Å². The van der Waals surface area contributed by atoms with Crippen LogP contribution in [0.15, 0.2) is 12.4 Å². The van der Waals surface area contributed by atoms with Crippen molar-refractivity contribution in [2.75, 3.05) is 11.9 Å². The second kappa shape index (κ2) is 4.03. The predicted molar refractivity (Wildman–Crippen MR) is 51.5 cm³/mol. The SMILES string of the molecule is CC(C)(O)CNc1nccnc1C#N. The van der Waals surface area contributed by atoms with Gasteiger partial charge in [0.1, 0.15) is 6.07 Å². The first-order valence-electron chi connectivity index (χ1n) is 4.20. The minimum absolute atomic E-state index is 0.233. The Bertz CT molecular complexity index is 351. The van der Waals surface area contributed by atoms with Gasteiger partial charge in [-0.3, -0.25) is 0 Å². The Kier molecular flexibility index (Phi) is 2.99. The Morgan fingerprint density at radius 3 is 2.71 bits per heavy atom. The molecule has 0 aromatic carbocycles. The average Bonchev–Trinajstić information content (AvgIpc) is 2.14. The molecule has 0 atom stereocenters. The van der Waals surface area contributed by atoms with Crippen molar-refractivity contribution in [1.82, 2.24) is 9.97 Å². The number of hydrogen-bond donors (Lipinski definition) is 2. The third-order valence-corrected chi connectivity index (χ3v) is 1.49. The fraction of sp³-hybridized carbons (Fsp3) is 0.444. The molecule has 74 valence electrons. The van der Waals surface area contributed by atoms with Crippen LogP contribution in [0.3, 0.4) is 0 Å². The van der Waals surface area contributed by atoms with Crippen molar-refractivity contribution in [2.24, 2.45) is 0 Å². The van der Waals surface area contributed by atoms with Crippen LogP contribution in [0.1, 0.15) is 19.5 Å². The molecule has 0 bridgehead atoms. The molecule has 0 aliphatic carbocycles. The van der Waals surface area contributed by atoms with E-state index < -0.39 is 5.60 Å². The van der Waals surface area contributed by atoms with Crippen LogP contribution in [0.2, 0.25) is 0 Å². The number of hydrogen-bond acceptors (Lipinski definition) is 5. The van der Waals surface area contributed by atoms with Crippen molar-refractivity contribution in [3.63, 3.8) is 0 Å². The van der Waals surface area contributed by atoms with Gasteiger partial charge in [-0.2, -0.15) is 5.26 Å². The van der Waals surface area contributed by atoms with Crippen LogP contribution in [0.4, 0.5) is 5.82 Å². The lowest BCUT2D eigenvalue weighted by Gasteiger charge is -2.17. The zero-order chi connectivity index (χ0) is 10.6. The minimum Gasteiger partial charge on any atom is -0.389 e. The van der Waals surface area contributed by atoms with Gasteiger partial charge in [-0.15, -0.1) is 0 Å². The monoisotopic (exact) mass is 192 g/mol. The van der Waals surface area contributed by atoms with Gasteiger partial charge in [-0.1, -0.05) is 0 Å². The second-order valence-electron chi connectivity index (χ2n) is 3.53. The molecule has 0 aliphatic heterocycles. The fourth-order valence-electron chi connectivity index (χ4n) is 0.849. The third-order valence-electron chi connectivity index (χ3n) is 1.49. The van der Waals surface area contributed by atoms with Gasteiger partial charge in [0.25, 0.3) is 0 Å². The topological polar surface area (TPSA) is 81.8 Å². The lowest BCUT2D eigenvalue weighted by Crippen LogP contribution is -2.29. The van der Waals surface area contributed by atoms with Gasteiger partial charge < -0.3 is 10.4 Å². The van der Waals surface area contributed by atoms with Crippen molar-refractivity contribution in [3.8, 4) is 6.07 Å². The predicted octanol–water partition coefficient (Wildman–Crippen LogP) is 0.531. The zero-order valence-electron chi connectivity index (χ0n) is 8.15. The lowest BCUT2D eigenvalue weighted by atomic mass is 10.1. The standard InChI is InChI=1S/C9H12N4O/c1-9(2,14)6-13-8-7(5-10)11-3-4-12-8/h3-4,14H,6H2,1-2H3,(H,12,13). The van der Waals surface area contributed by atoms with E-state index in [0.717, 1.165) is 0 Å². The van der Waals surface area contributed by atoms with E-state index in [-0.39, 0.29) is 5.69 Å². The summed E-state index contributed by atoms with van der Waals surface area (Å²) >= 11 is 0. The highest BCUT2D eigenvalue weighted by atomic mass is 16.3. The zero-order valence-corrected chi connectivity index (χ0v) is 8.15. The molecular weight excluding hydrogens is 180 g/mol. The van der Waals surface area contributed by atoms with E-state index >= 15 is 0 Å². The van der Waals surface area contributed by atoms with Gasteiger partial charge in [0.05, 0.1) is 5.60 Å². The molecule has 14 heavy (non-hydrogen) atoms. The van der Waals surface area contributed by atoms with Crippen LogP contribution in [0.25, 0.3) is 0 Å². The molecular formula is C9H12N4O. The first-order chi connectivity index (χ1) is 6.53. The summed E-state index contributed by atoms with van der Waals surface area (Å²) in [7, 11) is 0. The van der Waals surface area contributed by atoms with Crippen LogP contribution in [-0.2, 0) is 0 Å². The Balaban J connectivity index is 2.73. The van der Waals surface area contributed by atoms with Gasteiger partial charge in [-0.05, 0) is 13.8 Å². The summed E-state index contributed by atoms with van der Waals surface area (Å²) in [5.41, 5.74) is -0.610. The Morgan fingerprint density at radius 2 is 2.14 bits per heavy atom. The number of aliphatic hydroxyl groups is 1. The van der Waals surface area contributed by atoms with Gasteiger partial charge in [0, 0.05) is 18.9 Å². The van der Waals surface area contributed by atoms with E-state index in [2.05, 4.69) is 15.3 Å². The molecule has 0 saturated heterocycles. The van der Waals surface area contributed by atoms with Crippen molar-refractivity contribution in [3.05, 3.63) is 18.1 Å². The Hall–Kier alpha value is -1.67. The third kappa shape index (κ3) is 2.99. The second-order valence-corrected chi connectivity index (χ2v) is 3.53. The van der Waals surface area contributed by atoms with E-state index in [1.54, 1.807) is 13.8 Å². The molecule has 2 N–H and O–H groups in total. The van der Waals surface area contributed by atoms with E-state index in [0.29, 0.717) is 12.4 Å². The van der Waals surface area contributed by atoms with Crippen LogP contribution in [0, 0.1) is 11.3 Å². The molecule has 0 fully saturated rings. The summed E-state index contributed by atoms with van der Waals surface area (Å²) in [5, 5.41) is 21.0. The van der Waals surface area contributed by atoms with Gasteiger partial charge >= 0.3 is 0 Å². The van der Waals surface area contributed by atoms with E-state index in [1.807, 2.05) is 6.07 Å². The molecule has 0 spiro atoms. The first kappa shape index (κ1) is 10.4. The molecule has 1 heterocycles. The highest BCUT2D eigenvalue weighted by molar-refractivity contribution is 5.46. The quantitative estimate of drug-likeness (QED) is 0.730. The minimum atomic E-state index is -0.843. The molecule has 0 amide bonds. The molecule has 1 rings (SSSR count). The maximum absolute atomic E-state index is 9.45. The summed E-state index contributed by atoms with van der Waals surface area (Å²) < 4.78 is 0. The molecule has 0 aliphatic rings. The lowest BCUT2D eigenvalue weighted by molar-refractivity contribution is 0.0944. The summed E-state index contributed by atoms with van der Waals surface area (Å²) in [6.07, 6.45) is 2.95. The van der Waals surface area contributed by atoms with Gasteiger partial charge in [-0.25, -0.2) is 9.97 Å². The number of rotatable bonds is 3. The van der Waals surface area contributed by atoms with E-state index in [1.165, 1.54) is 12.4 Å². The molecule has 0 saturated carbocycles. The highest BCUT2D eigenvalue weighted by Crippen LogP contribution is 2.08. The largest absolute Gasteiger partial charge is 0.389 e. The number of nitrogens with one attached hydrogen (secondary N) is 1. The fourth-order valence-corrected chi connectivity index (χ4v) is 0.849. The summed E-state index contributed by atoms with van der Waals surface area (Å²) in [6.45, 7) is 3.66. The normalized spacial score (nSPS) is 10.7. The van der Waals surface area contributed by atoms with Crippen molar-refractivity contribution in [2.45, 2.75) is 19.4 Å². The van der Waals surface area contributed by atoms with Gasteiger partial charge in [0.2, 0.25) is 0 Å². The summed E-state index contributed by atoms with van der Waals surface area (Å²) in [6, 6.07) is 1.91. The Morgan fingerprint density at radius 1 is 1.50 bits per heavy atom. The maximum atomic E-state index is 9.45. The van der Waals surface area contributed by atoms with E-state index in [9.17, 15) is 5.11 Å². The van der Waals surface area contributed by atoms with Crippen LogP contribution in [0.5, 0.6) is 0 Å². The number of aromatic nitrogens is 2. The first-order valence-corrected chi connectivity index (χ1v) is 4.20. The molecule has 5 heteroatoms. The maximum Gasteiger partial charge on any atom is 0.182 e. The summed E-state index contributed by atoms with van der Waals surface area (Å²) in [4.78, 5) is 7.78. The molecule has 1 aromatic rings. The summed E-state index contributed by atoms with van der Waals surface area (Å²) in [5.74, 6) is 0.400. The van der Waals surface area contributed by atoms with Crippen molar-refractivity contribution < 1.29 is 5.11 Å².